The summed E-state index contributed by atoms with van der Waals surface area (Å²) in [6.45, 7) is 2.63. The maximum absolute atomic E-state index is 12.9. The number of carboxylic acid groups (broad SMARTS) is 1. The third-order valence-electron chi connectivity index (χ3n) is 4.02. The van der Waals surface area contributed by atoms with Crippen LogP contribution in [0.2, 0.25) is 0 Å². The fraction of sp³-hybridized carbons (Fsp3) is 0.278. The van der Waals surface area contributed by atoms with Crippen molar-refractivity contribution in [3.8, 4) is 0 Å². The van der Waals surface area contributed by atoms with Gasteiger partial charge in [-0.25, -0.2) is 4.98 Å². The number of hydrogen-bond donors (Lipinski definition) is 1. The summed E-state index contributed by atoms with van der Waals surface area (Å²) in [6, 6.07) is 5.24. The van der Waals surface area contributed by atoms with Gasteiger partial charge in [0.1, 0.15) is 15.8 Å². The number of amides is 1. The first-order chi connectivity index (χ1) is 13.4. The quantitative estimate of drug-likeness (QED) is 0.522. The number of anilines is 1. The van der Waals surface area contributed by atoms with Gasteiger partial charge in [-0.2, -0.15) is 0 Å². The molecule has 10 heteroatoms. The maximum atomic E-state index is 12.9. The third-order valence-corrected chi connectivity index (χ3v) is 5.40. The second-order valence-corrected chi connectivity index (χ2v) is 7.62. The van der Waals surface area contributed by atoms with Gasteiger partial charge in [0, 0.05) is 25.3 Å². The highest BCUT2D eigenvalue weighted by Gasteiger charge is 2.32. The molecule has 1 amide bonds. The fourth-order valence-corrected chi connectivity index (χ4v) is 4.03. The lowest BCUT2D eigenvalue weighted by Crippen LogP contribution is -2.31. The Morgan fingerprint density at radius 3 is 2.89 bits per heavy atom. The number of aromatic nitrogens is 2. The van der Waals surface area contributed by atoms with Crippen molar-refractivity contribution in [3.63, 3.8) is 0 Å². The average Bonchev–Trinajstić information content (AvgIpc) is 2.92. The van der Waals surface area contributed by atoms with Gasteiger partial charge in [-0.15, -0.1) is 0 Å². The molecule has 3 heterocycles. The Balaban J connectivity index is 1.97. The number of pyridine rings is 1. The van der Waals surface area contributed by atoms with E-state index in [1.165, 1.54) is 15.4 Å². The third kappa shape index (κ3) is 4.07. The molecule has 0 spiro atoms. The van der Waals surface area contributed by atoms with E-state index in [1.54, 1.807) is 24.4 Å². The van der Waals surface area contributed by atoms with E-state index < -0.39 is 5.97 Å². The van der Waals surface area contributed by atoms with E-state index in [9.17, 15) is 19.5 Å². The lowest BCUT2D eigenvalue weighted by atomic mass is 10.2. The first kappa shape index (κ1) is 20.0. The van der Waals surface area contributed by atoms with E-state index >= 15 is 0 Å². The molecular formula is C18H17N4O4S2-. The number of carbonyl (C=O) groups excluding carboxylic acids is 2. The maximum Gasteiger partial charge on any atom is 0.267 e. The minimum absolute atomic E-state index is 0.156. The molecule has 28 heavy (non-hydrogen) atoms. The second kappa shape index (κ2) is 8.53. The molecule has 1 fully saturated rings. The largest absolute Gasteiger partial charge is 0.550 e. The zero-order valence-corrected chi connectivity index (χ0v) is 16.6. The number of nitrogens with one attached hydrogen (secondary N) is 1. The summed E-state index contributed by atoms with van der Waals surface area (Å²) in [7, 11) is 0. The number of fused-ring (bicyclic) bond motifs is 1. The van der Waals surface area contributed by atoms with Gasteiger partial charge in [-0.1, -0.05) is 30.0 Å². The van der Waals surface area contributed by atoms with Gasteiger partial charge in [0.25, 0.3) is 11.5 Å². The fourth-order valence-electron chi connectivity index (χ4n) is 2.74. The molecule has 0 aliphatic carbocycles. The Bertz CT molecular complexity index is 1050. The Morgan fingerprint density at radius 2 is 2.18 bits per heavy atom. The summed E-state index contributed by atoms with van der Waals surface area (Å²) in [6.07, 6.45) is 3.19. The summed E-state index contributed by atoms with van der Waals surface area (Å²) in [5.74, 6) is -1.14. The van der Waals surface area contributed by atoms with E-state index in [2.05, 4.69) is 10.3 Å². The van der Waals surface area contributed by atoms with E-state index in [-0.39, 0.29) is 36.4 Å². The number of thioether (sulfide) groups is 1. The SMILES string of the molecule is CCNc1nc2ccccn2c(=O)c1/C=C1/SC(=S)N(CCCC(=O)[O-])C1=O. The topological polar surface area (TPSA) is 107 Å². The lowest BCUT2D eigenvalue weighted by molar-refractivity contribution is -0.305. The van der Waals surface area contributed by atoms with Crippen LogP contribution in [0.3, 0.4) is 0 Å². The molecule has 1 saturated heterocycles. The number of nitrogens with zero attached hydrogens (tertiary/aromatic N) is 3. The van der Waals surface area contributed by atoms with Crippen LogP contribution in [0.5, 0.6) is 0 Å². The highest BCUT2D eigenvalue weighted by molar-refractivity contribution is 8.26. The van der Waals surface area contributed by atoms with Gasteiger partial charge in [-0.05, 0) is 38.0 Å². The van der Waals surface area contributed by atoms with Crippen molar-refractivity contribution in [2.75, 3.05) is 18.4 Å². The molecule has 0 radical (unpaired) electrons. The van der Waals surface area contributed by atoms with Crippen LogP contribution >= 0.6 is 24.0 Å². The van der Waals surface area contributed by atoms with Crippen molar-refractivity contribution in [2.45, 2.75) is 19.8 Å². The van der Waals surface area contributed by atoms with Gasteiger partial charge in [-0.3, -0.25) is 18.9 Å². The van der Waals surface area contributed by atoms with Gasteiger partial charge in [0.15, 0.2) is 0 Å². The second-order valence-electron chi connectivity index (χ2n) is 5.95. The Morgan fingerprint density at radius 1 is 1.39 bits per heavy atom. The molecule has 0 atom stereocenters. The molecule has 1 aliphatic heterocycles. The number of carboxylic acids is 1. The highest BCUT2D eigenvalue weighted by Crippen LogP contribution is 2.33. The van der Waals surface area contributed by atoms with Crippen LogP contribution < -0.4 is 16.0 Å². The first-order valence-electron chi connectivity index (χ1n) is 8.63. The normalized spacial score (nSPS) is 15.6. The van der Waals surface area contributed by atoms with E-state index in [0.717, 1.165) is 11.8 Å². The van der Waals surface area contributed by atoms with Crippen molar-refractivity contribution in [3.05, 3.63) is 45.2 Å². The summed E-state index contributed by atoms with van der Waals surface area (Å²) in [4.78, 5) is 42.3. The summed E-state index contributed by atoms with van der Waals surface area (Å²) in [5, 5.41) is 13.6. The van der Waals surface area contributed by atoms with E-state index in [4.69, 9.17) is 12.2 Å². The Kier molecular flexibility index (Phi) is 6.10. The van der Waals surface area contributed by atoms with Crippen molar-refractivity contribution in [1.82, 2.24) is 14.3 Å². The summed E-state index contributed by atoms with van der Waals surface area (Å²) >= 11 is 6.31. The van der Waals surface area contributed by atoms with Crippen molar-refractivity contribution in [2.24, 2.45) is 0 Å². The van der Waals surface area contributed by atoms with Gasteiger partial charge in [0.2, 0.25) is 0 Å². The summed E-state index contributed by atoms with van der Waals surface area (Å²) < 4.78 is 1.74. The van der Waals surface area contributed by atoms with Crippen LogP contribution in [0, 0.1) is 0 Å². The Hall–Kier alpha value is -2.72. The van der Waals surface area contributed by atoms with Gasteiger partial charge < -0.3 is 15.2 Å². The smallest absolute Gasteiger partial charge is 0.267 e. The van der Waals surface area contributed by atoms with Crippen LogP contribution in [0.25, 0.3) is 11.7 Å². The molecule has 1 N–H and O–H groups in total. The Labute approximate surface area is 170 Å². The number of hydrogen-bond acceptors (Lipinski definition) is 8. The van der Waals surface area contributed by atoms with Gasteiger partial charge >= 0.3 is 0 Å². The van der Waals surface area contributed by atoms with Crippen molar-refractivity contribution in [1.29, 1.82) is 0 Å². The zero-order valence-electron chi connectivity index (χ0n) is 15.0. The van der Waals surface area contributed by atoms with E-state index in [0.29, 0.717) is 27.2 Å². The zero-order chi connectivity index (χ0) is 20.3. The molecule has 8 nitrogen and oxygen atoms in total. The van der Waals surface area contributed by atoms with Crippen LogP contribution in [0.4, 0.5) is 5.82 Å². The lowest BCUT2D eigenvalue weighted by Gasteiger charge is -2.14. The van der Waals surface area contributed by atoms with E-state index in [1.807, 2.05) is 6.92 Å². The highest BCUT2D eigenvalue weighted by atomic mass is 32.2. The molecule has 3 rings (SSSR count). The molecule has 0 bridgehead atoms. The monoisotopic (exact) mass is 417 g/mol. The molecule has 146 valence electrons. The van der Waals surface area contributed by atoms with Crippen LogP contribution in [-0.2, 0) is 9.59 Å². The minimum Gasteiger partial charge on any atom is -0.550 e. The standard InChI is InChI=1S/C18H18N4O4S2/c1-2-19-15-11(16(25)21-8-4-3-6-13(21)20-15)10-12-17(26)22(18(27)28-12)9-5-7-14(23)24/h3-4,6,8,10,19H,2,5,7,9H2,1H3,(H,23,24)/p-1/b12-10+. The summed E-state index contributed by atoms with van der Waals surface area (Å²) in [5.41, 5.74) is 0.458. The minimum atomic E-state index is -1.17. The first-order valence-corrected chi connectivity index (χ1v) is 9.85. The number of carbonyl (C=O) groups is 2. The van der Waals surface area contributed by atoms with Crippen molar-refractivity contribution < 1.29 is 14.7 Å². The van der Waals surface area contributed by atoms with Crippen LogP contribution in [-0.4, -0.2) is 43.6 Å². The number of rotatable bonds is 7. The predicted octanol–water partition coefficient (Wildman–Crippen LogP) is 0.858. The molecule has 0 aromatic carbocycles. The molecule has 0 unspecified atom stereocenters. The molecule has 2 aromatic heterocycles. The van der Waals surface area contributed by atoms with Crippen LogP contribution in [0.15, 0.2) is 34.1 Å². The average molecular weight is 417 g/mol. The van der Waals surface area contributed by atoms with Crippen LogP contribution in [0.1, 0.15) is 25.3 Å². The number of aliphatic carboxylic acids is 1. The molecule has 1 aliphatic rings. The molecule has 0 saturated carbocycles. The number of thiocarbonyl (C=S) groups is 1. The van der Waals surface area contributed by atoms with Crippen molar-refractivity contribution >= 4 is 57.7 Å². The molecular weight excluding hydrogens is 400 g/mol. The predicted molar refractivity (Wildman–Crippen MR) is 110 cm³/mol. The molecule has 2 aromatic rings. The van der Waals surface area contributed by atoms with Gasteiger partial charge in [0.05, 0.1) is 10.5 Å².